The van der Waals surface area contributed by atoms with Crippen LogP contribution in [0.5, 0.6) is 23.0 Å². The van der Waals surface area contributed by atoms with Gasteiger partial charge in [0.05, 0.1) is 19.7 Å². The highest BCUT2D eigenvalue weighted by atomic mass is 16.5. The fraction of sp³-hybridized carbons (Fsp3) is 0.424. The molecule has 3 aliphatic heterocycles. The number of carbonyl (C=O) groups excluding carboxylic acids is 4. The van der Waals surface area contributed by atoms with Crippen LogP contribution in [0.3, 0.4) is 0 Å². The molecule has 13 heteroatoms. The number of oxazole rings is 1. The van der Waals surface area contributed by atoms with Crippen LogP contribution in [0.15, 0.2) is 40.8 Å². The summed E-state index contributed by atoms with van der Waals surface area (Å²) >= 11 is 0. The third-order valence-electron chi connectivity index (χ3n) is 8.42. The van der Waals surface area contributed by atoms with E-state index in [9.17, 15) is 24.3 Å². The number of likely N-dealkylation sites (N-methyl/N-ethyl adjacent to an activating group) is 1. The first kappa shape index (κ1) is 32.3. The lowest BCUT2D eigenvalue weighted by Gasteiger charge is -2.28. The molecule has 0 aliphatic carbocycles. The summed E-state index contributed by atoms with van der Waals surface area (Å²) < 4.78 is 17.5. The van der Waals surface area contributed by atoms with Gasteiger partial charge in [0.25, 0.3) is 0 Å². The molecule has 6 bridgehead atoms. The van der Waals surface area contributed by atoms with E-state index in [4.69, 9.17) is 13.9 Å². The summed E-state index contributed by atoms with van der Waals surface area (Å²) in [6.45, 7) is 7.26. The second-order valence-electron chi connectivity index (χ2n) is 11.5. The number of phenolic OH excluding ortho intramolecular Hbond substituents is 1. The number of methoxy groups -OCH3 is 1. The van der Waals surface area contributed by atoms with Crippen LogP contribution >= 0.6 is 0 Å². The summed E-state index contributed by atoms with van der Waals surface area (Å²) in [6, 6.07) is 7.78. The quantitative estimate of drug-likeness (QED) is 0.393. The molecule has 13 nitrogen and oxygen atoms in total. The molecule has 1 aromatic heterocycles. The number of fused-ring (bicyclic) bond motifs is 9. The predicted octanol–water partition coefficient (Wildman–Crippen LogP) is 3.06. The van der Waals surface area contributed by atoms with E-state index in [1.54, 1.807) is 49.1 Å². The number of carbonyl (C=O) groups is 4. The van der Waals surface area contributed by atoms with E-state index in [0.717, 1.165) is 5.56 Å². The molecule has 46 heavy (non-hydrogen) atoms. The standard InChI is InChI=1S/C33H39N5O8/c1-6-37(20(4)39)23-15-25-31(42)34-16-24-19(3)45-32(36-24)22-9-11-27(29(14-22)44-5)46-28-13-21(7-10-26(28)40)8-12-30(41)35-18(2)33(43)38(25)17-23/h7,9-11,13-14,18,23,25,40H,6,8,12,15-17H2,1-5H3,(H,34,42)(H,35,41)/t18-,23+,25+/m1/s1. The highest BCUT2D eigenvalue weighted by Gasteiger charge is 2.43. The zero-order valence-corrected chi connectivity index (χ0v) is 26.6. The van der Waals surface area contributed by atoms with Crippen molar-refractivity contribution in [2.75, 3.05) is 20.2 Å². The highest BCUT2D eigenvalue weighted by molar-refractivity contribution is 5.92. The van der Waals surface area contributed by atoms with Crippen molar-refractivity contribution in [3.63, 3.8) is 0 Å². The van der Waals surface area contributed by atoms with Crippen molar-refractivity contribution in [1.82, 2.24) is 25.4 Å². The smallest absolute Gasteiger partial charge is 0.245 e. The molecule has 0 unspecified atom stereocenters. The summed E-state index contributed by atoms with van der Waals surface area (Å²) in [4.78, 5) is 60.3. The first-order chi connectivity index (χ1) is 22.0. The molecule has 0 spiro atoms. The topological polar surface area (TPSA) is 164 Å². The third-order valence-corrected chi connectivity index (χ3v) is 8.42. The van der Waals surface area contributed by atoms with E-state index in [-0.39, 0.29) is 55.3 Å². The fourth-order valence-electron chi connectivity index (χ4n) is 5.96. The van der Waals surface area contributed by atoms with Crippen LogP contribution in [0.1, 0.15) is 50.6 Å². The van der Waals surface area contributed by atoms with Gasteiger partial charge in [-0.25, -0.2) is 4.98 Å². The van der Waals surface area contributed by atoms with Gasteiger partial charge in [-0.3, -0.25) is 19.2 Å². The van der Waals surface area contributed by atoms with Crippen LogP contribution in [-0.4, -0.2) is 81.8 Å². The monoisotopic (exact) mass is 633 g/mol. The van der Waals surface area contributed by atoms with Gasteiger partial charge in [0, 0.05) is 32.0 Å². The summed E-state index contributed by atoms with van der Waals surface area (Å²) in [5.41, 5.74) is 1.83. The van der Waals surface area contributed by atoms with Gasteiger partial charge < -0.3 is 39.4 Å². The maximum Gasteiger partial charge on any atom is 0.245 e. The largest absolute Gasteiger partial charge is 0.504 e. The maximum absolute atomic E-state index is 13.7. The van der Waals surface area contributed by atoms with Gasteiger partial charge in [-0.2, -0.15) is 0 Å². The van der Waals surface area contributed by atoms with Gasteiger partial charge >= 0.3 is 0 Å². The van der Waals surface area contributed by atoms with Gasteiger partial charge in [0.2, 0.25) is 29.5 Å². The Morgan fingerprint density at radius 3 is 2.65 bits per heavy atom. The molecular formula is C33H39N5O8. The number of rotatable bonds is 3. The van der Waals surface area contributed by atoms with Crippen molar-refractivity contribution < 1.29 is 38.2 Å². The van der Waals surface area contributed by atoms with Crippen molar-refractivity contribution >= 4 is 23.6 Å². The van der Waals surface area contributed by atoms with Crippen LogP contribution < -0.4 is 20.1 Å². The lowest BCUT2D eigenvalue weighted by Crippen LogP contribution is -2.52. The van der Waals surface area contributed by atoms with E-state index in [1.807, 2.05) is 6.92 Å². The summed E-state index contributed by atoms with van der Waals surface area (Å²) in [6.07, 6.45) is 0.634. The normalized spacial score (nSPS) is 20.5. The number of nitrogens with one attached hydrogen (secondary N) is 2. The Morgan fingerprint density at radius 2 is 1.93 bits per heavy atom. The van der Waals surface area contributed by atoms with Gasteiger partial charge in [-0.1, -0.05) is 6.07 Å². The minimum absolute atomic E-state index is 0.0435. The number of benzene rings is 2. The summed E-state index contributed by atoms with van der Waals surface area (Å²) in [5.74, 6) is 0.282. The van der Waals surface area contributed by atoms with E-state index in [2.05, 4.69) is 15.6 Å². The SMILES string of the molecule is CCN(C(C)=O)[C@H]1C[C@H]2C(=O)NCc3nc(oc3C)-c3ccc(c(OC)c3)Oc3cc(ccc3O)CCC(=O)N[C@H](C)C(=O)N2C1. The van der Waals surface area contributed by atoms with Crippen molar-refractivity contribution in [2.24, 2.45) is 0 Å². The minimum Gasteiger partial charge on any atom is -0.504 e. The Balaban J connectivity index is 1.49. The molecule has 3 aliphatic rings. The Kier molecular flexibility index (Phi) is 9.49. The highest BCUT2D eigenvalue weighted by Crippen LogP contribution is 2.39. The molecule has 244 valence electrons. The number of hydrogen-bond acceptors (Lipinski definition) is 9. The number of hydrogen-bond donors (Lipinski definition) is 3. The van der Waals surface area contributed by atoms with E-state index in [1.165, 1.54) is 25.0 Å². The van der Waals surface area contributed by atoms with Crippen molar-refractivity contribution in [2.45, 2.75) is 71.6 Å². The van der Waals surface area contributed by atoms with E-state index in [0.29, 0.717) is 47.4 Å². The van der Waals surface area contributed by atoms with Gasteiger partial charge in [-0.15, -0.1) is 0 Å². The Bertz CT molecular complexity index is 1650. The predicted molar refractivity (Wildman–Crippen MR) is 166 cm³/mol. The average molecular weight is 634 g/mol. The first-order valence-electron chi connectivity index (χ1n) is 15.3. The molecule has 3 N–H and O–H groups in total. The lowest BCUT2D eigenvalue weighted by atomic mass is 10.1. The first-order valence-corrected chi connectivity index (χ1v) is 15.3. The Hall–Kier alpha value is -5.07. The van der Waals surface area contributed by atoms with Crippen molar-refractivity contribution in [3.8, 4) is 34.5 Å². The fourth-order valence-corrected chi connectivity index (χ4v) is 5.96. The molecule has 3 atom stereocenters. The molecule has 4 heterocycles. The lowest BCUT2D eigenvalue weighted by molar-refractivity contribution is -0.141. The minimum atomic E-state index is -0.916. The Morgan fingerprint density at radius 1 is 1.15 bits per heavy atom. The van der Waals surface area contributed by atoms with Crippen LogP contribution in [0.25, 0.3) is 11.5 Å². The average Bonchev–Trinajstić information content (AvgIpc) is 3.63. The molecule has 0 radical (unpaired) electrons. The summed E-state index contributed by atoms with van der Waals surface area (Å²) in [7, 11) is 1.49. The number of aryl methyl sites for hydroxylation is 2. The molecule has 6 rings (SSSR count). The molecule has 1 fully saturated rings. The van der Waals surface area contributed by atoms with Crippen LogP contribution in [0, 0.1) is 6.92 Å². The molecule has 3 aromatic rings. The number of aromatic hydroxyl groups is 1. The molecule has 1 saturated heterocycles. The zero-order chi connectivity index (χ0) is 33.1. The zero-order valence-electron chi connectivity index (χ0n) is 26.6. The Labute approximate surface area is 266 Å². The second-order valence-corrected chi connectivity index (χ2v) is 11.5. The second kappa shape index (κ2) is 13.5. The van der Waals surface area contributed by atoms with Crippen molar-refractivity contribution in [1.29, 1.82) is 0 Å². The van der Waals surface area contributed by atoms with Gasteiger partial charge in [-0.05, 0) is 69.5 Å². The number of aromatic nitrogens is 1. The summed E-state index contributed by atoms with van der Waals surface area (Å²) in [5, 5.41) is 16.1. The van der Waals surface area contributed by atoms with Gasteiger partial charge in [0.15, 0.2) is 23.0 Å². The molecular weight excluding hydrogens is 594 g/mol. The van der Waals surface area contributed by atoms with Gasteiger partial charge in [0.1, 0.15) is 23.5 Å². The maximum atomic E-state index is 13.7. The van der Waals surface area contributed by atoms with E-state index >= 15 is 0 Å². The number of ether oxygens (including phenoxy) is 2. The van der Waals surface area contributed by atoms with E-state index < -0.39 is 23.9 Å². The number of nitrogens with zero attached hydrogens (tertiary/aromatic N) is 3. The van der Waals surface area contributed by atoms with Crippen molar-refractivity contribution in [3.05, 3.63) is 53.4 Å². The number of amides is 4. The third kappa shape index (κ3) is 6.77. The van der Waals surface area contributed by atoms with Crippen LogP contribution in [0.2, 0.25) is 0 Å². The number of phenols is 1. The molecule has 0 saturated carbocycles. The van der Waals surface area contributed by atoms with Crippen LogP contribution in [-0.2, 0) is 32.1 Å². The molecule has 4 amide bonds. The molecule has 2 aromatic carbocycles. The van der Waals surface area contributed by atoms with Crippen LogP contribution in [0.4, 0.5) is 0 Å².